The van der Waals surface area contributed by atoms with Crippen LogP contribution >= 0.6 is 27.5 Å². The third-order valence-electron chi connectivity index (χ3n) is 2.61. The van der Waals surface area contributed by atoms with E-state index in [4.69, 9.17) is 16.3 Å². The number of nitrogens with one attached hydrogen (secondary N) is 1. The van der Waals surface area contributed by atoms with Crippen LogP contribution in [0.3, 0.4) is 0 Å². The second-order valence-corrected chi connectivity index (χ2v) is 5.21. The van der Waals surface area contributed by atoms with Crippen molar-refractivity contribution in [2.24, 2.45) is 0 Å². The third-order valence-corrected chi connectivity index (χ3v) is 3.46. The molecule has 0 amide bonds. The number of rotatable bonds is 2. The number of hydrogen-bond donors (Lipinski definition) is 1. The van der Waals surface area contributed by atoms with Crippen LogP contribution < -0.4 is 4.74 Å². The molecule has 19 heavy (non-hydrogen) atoms. The van der Waals surface area contributed by atoms with Gasteiger partial charge in [0.25, 0.3) is 0 Å². The van der Waals surface area contributed by atoms with Gasteiger partial charge in [-0.1, -0.05) is 11.6 Å². The van der Waals surface area contributed by atoms with Crippen molar-refractivity contribution >= 4 is 38.4 Å². The Morgan fingerprint density at radius 2 is 2.05 bits per heavy atom. The van der Waals surface area contributed by atoms with Crippen LogP contribution in [0.5, 0.6) is 11.5 Å². The number of aromatic nitrogens is 2. The lowest BCUT2D eigenvalue weighted by Crippen LogP contribution is -1.89. The average Bonchev–Trinajstić information content (AvgIpc) is 2.80. The molecule has 0 bridgehead atoms. The van der Waals surface area contributed by atoms with Crippen molar-refractivity contribution in [1.82, 2.24) is 10.2 Å². The molecule has 0 atom stereocenters. The topological polar surface area (TPSA) is 37.9 Å². The number of nitrogens with zero attached hydrogens (tertiary/aromatic N) is 1. The van der Waals surface area contributed by atoms with Crippen LogP contribution in [-0.2, 0) is 0 Å². The molecular weight excluding hydrogens is 335 g/mol. The Hall–Kier alpha value is -1.59. The maximum Gasteiger partial charge on any atom is 0.167 e. The average molecular weight is 342 g/mol. The Bertz CT molecular complexity index is 759. The van der Waals surface area contributed by atoms with Gasteiger partial charge in [0.1, 0.15) is 5.75 Å². The van der Waals surface area contributed by atoms with Crippen LogP contribution in [0.2, 0.25) is 5.02 Å². The largest absolute Gasteiger partial charge is 0.453 e. The smallest absolute Gasteiger partial charge is 0.167 e. The second kappa shape index (κ2) is 4.83. The summed E-state index contributed by atoms with van der Waals surface area (Å²) in [5.74, 6) is 0.120. The number of hydrogen-bond acceptors (Lipinski definition) is 2. The summed E-state index contributed by atoms with van der Waals surface area (Å²) in [7, 11) is 0. The lowest BCUT2D eigenvalue weighted by atomic mass is 10.2. The molecule has 1 aromatic heterocycles. The lowest BCUT2D eigenvalue weighted by Gasteiger charge is -2.09. The van der Waals surface area contributed by atoms with E-state index in [0.29, 0.717) is 15.2 Å². The molecule has 1 heterocycles. The SMILES string of the molecule is Fc1cc(Cl)ccc1Oc1cc2cn[nH]c2cc1Br. The maximum absolute atomic E-state index is 13.7. The van der Waals surface area contributed by atoms with E-state index in [1.807, 2.05) is 6.07 Å². The van der Waals surface area contributed by atoms with E-state index in [9.17, 15) is 4.39 Å². The summed E-state index contributed by atoms with van der Waals surface area (Å²) in [5.41, 5.74) is 0.871. The Morgan fingerprint density at radius 1 is 1.21 bits per heavy atom. The van der Waals surface area contributed by atoms with Crippen molar-refractivity contribution in [2.45, 2.75) is 0 Å². The zero-order valence-electron chi connectivity index (χ0n) is 9.45. The fourth-order valence-corrected chi connectivity index (χ4v) is 2.28. The molecule has 3 aromatic rings. The first-order valence-corrected chi connectivity index (χ1v) is 6.56. The third kappa shape index (κ3) is 2.43. The van der Waals surface area contributed by atoms with Crippen LogP contribution in [0.1, 0.15) is 0 Å². The summed E-state index contributed by atoms with van der Waals surface area (Å²) < 4.78 is 19.9. The van der Waals surface area contributed by atoms with Crippen LogP contribution in [0.4, 0.5) is 4.39 Å². The van der Waals surface area contributed by atoms with Gasteiger partial charge in [-0.05, 0) is 46.3 Å². The highest BCUT2D eigenvalue weighted by atomic mass is 79.9. The van der Waals surface area contributed by atoms with Crippen molar-refractivity contribution in [3.05, 3.63) is 51.8 Å². The first-order chi connectivity index (χ1) is 9.13. The van der Waals surface area contributed by atoms with Crippen LogP contribution in [0.15, 0.2) is 41.0 Å². The second-order valence-electron chi connectivity index (χ2n) is 3.92. The molecule has 0 fully saturated rings. The summed E-state index contributed by atoms with van der Waals surface area (Å²) in [6.07, 6.45) is 1.67. The predicted molar refractivity (Wildman–Crippen MR) is 75.3 cm³/mol. The molecule has 3 nitrogen and oxygen atoms in total. The van der Waals surface area contributed by atoms with Crippen molar-refractivity contribution in [2.75, 3.05) is 0 Å². The van der Waals surface area contributed by atoms with Gasteiger partial charge in [-0.3, -0.25) is 5.10 Å². The van der Waals surface area contributed by atoms with E-state index in [1.54, 1.807) is 18.3 Å². The number of fused-ring (bicyclic) bond motifs is 1. The minimum absolute atomic E-state index is 0.118. The first-order valence-electron chi connectivity index (χ1n) is 5.39. The van der Waals surface area contributed by atoms with Crippen LogP contribution in [-0.4, -0.2) is 10.2 Å². The molecule has 96 valence electrons. The van der Waals surface area contributed by atoms with Crippen molar-refractivity contribution in [3.63, 3.8) is 0 Å². The van der Waals surface area contributed by atoms with Crippen LogP contribution in [0, 0.1) is 5.82 Å². The monoisotopic (exact) mass is 340 g/mol. The van der Waals surface area contributed by atoms with E-state index in [-0.39, 0.29) is 5.75 Å². The summed E-state index contributed by atoms with van der Waals surface area (Å²) in [6, 6.07) is 7.87. The lowest BCUT2D eigenvalue weighted by molar-refractivity contribution is 0.440. The molecule has 0 aliphatic rings. The molecule has 3 rings (SSSR count). The summed E-state index contributed by atoms with van der Waals surface area (Å²) >= 11 is 9.07. The Balaban J connectivity index is 2.02. The molecule has 0 aliphatic carbocycles. The molecule has 0 saturated carbocycles. The van der Waals surface area contributed by atoms with E-state index in [0.717, 1.165) is 10.9 Å². The van der Waals surface area contributed by atoms with E-state index < -0.39 is 5.82 Å². The van der Waals surface area contributed by atoms with E-state index in [2.05, 4.69) is 26.1 Å². The highest BCUT2D eigenvalue weighted by molar-refractivity contribution is 9.10. The van der Waals surface area contributed by atoms with Crippen LogP contribution in [0.25, 0.3) is 10.9 Å². The van der Waals surface area contributed by atoms with Crippen molar-refractivity contribution < 1.29 is 9.13 Å². The number of benzene rings is 2. The zero-order chi connectivity index (χ0) is 13.4. The van der Waals surface area contributed by atoms with Gasteiger partial charge in [0.05, 0.1) is 16.2 Å². The van der Waals surface area contributed by atoms with E-state index >= 15 is 0 Å². The summed E-state index contributed by atoms with van der Waals surface area (Å²) in [6.45, 7) is 0. The van der Waals surface area contributed by atoms with Crippen molar-refractivity contribution in [1.29, 1.82) is 0 Å². The van der Waals surface area contributed by atoms with Crippen molar-refractivity contribution in [3.8, 4) is 11.5 Å². The normalized spacial score (nSPS) is 10.9. The fraction of sp³-hybridized carbons (Fsp3) is 0. The zero-order valence-corrected chi connectivity index (χ0v) is 11.8. The number of halogens is 3. The Morgan fingerprint density at radius 3 is 2.84 bits per heavy atom. The van der Waals surface area contributed by atoms with E-state index in [1.165, 1.54) is 12.1 Å². The van der Waals surface area contributed by atoms with Gasteiger partial charge >= 0.3 is 0 Å². The van der Waals surface area contributed by atoms with Gasteiger partial charge in [-0.2, -0.15) is 5.10 Å². The van der Waals surface area contributed by atoms with Gasteiger partial charge < -0.3 is 4.74 Å². The molecule has 0 radical (unpaired) electrons. The standard InChI is InChI=1S/C13H7BrClFN2O/c14-9-5-11-7(6-17-18-11)3-13(9)19-12-2-1-8(15)4-10(12)16/h1-6H,(H,17,18). The Labute approximate surface area is 121 Å². The fourth-order valence-electron chi connectivity index (χ4n) is 1.70. The molecule has 0 unspecified atom stereocenters. The minimum Gasteiger partial charge on any atom is -0.453 e. The first kappa shape index (κ1) is 12.4. The highest BCUT2D eigenvalue weighted by Crippen LogP contribution is 2.34. The van der Waals surface area contributed by atoms with Gasteiger partial charge in [-0.15, -0.1) is 0 Å². The molecule has 0 aliphatic heterocycles. The molecule has 1 N–H and O–H groups in total. The van der Waals surface area contributed by atoms with Gasteiger partial charge in [0.15, 0.2) is 11.6 Å². The number of aromatic amines is 1. The number of H-pyrrole nitrogens is 1. The molecule has 2 aromatic carbocycles. The summed E-state index contributed by atoms with van der Waals surface area (Å²) in [4.78, 5) is 0. The molecular formula is C13H7BrClFN2O. The molecule has 0 saturated heterocycles. The maximum atomic E-state index is 13.7. The predicted octanol–water partition coefficient (Wildman–Crippen LogP) is 4.91. The van der Waals surface area contributed by atoms with Gasteiger partial charge in [-0.25, -0.2) is 4.39 Å². The Kier molecular flexibility index (Phi) is 3.16. The number of ether oxygens (including phenoxy) is 1. The summed E-state index contributed by atoms with van der Waals surface area (Å²) in [5, 5.41) is 7.98. The molecule has 0 spiro atoms. The van der Waals surface area contributed by atoms with Gasteiger partial charge in [0, 0.05) is 10.4 Å². The quantitative estimate of drug-likeness (QED) is 0.719. The minimum atomic E-state index is -0.508. The van der Waals surface area contributed by atoms with Gasteiger partial charge in [0.2, 0.25) is 0 Å². The highest BCUT2D eigenvalue weighted by Gasteiger charge is 2.10. The molecule has 6 heteroatoms.